The zero-order valence-corrected chi connectivity index (χ0v) is 10.9. The van der Waals surface area contributed by atoms with Gasteiger partial charge in [-0.2, -0.15) is 0 Å². The van der Waals surface area contributed by atoms with Crippen molar-refractivity contribution in [3.05, 3.63) is 35.1 Å². The molecule has 88 valence electrons. The van der Waals surface area contributed by atoms with E-state index >= 15 is 0 Å². The fourth-order valence-electron chi connectivity index (χ4n) is 1.39. The number of rotatable bonds is 2. The quantitative estimate of drug-likeness (QED) is 0.783. The van der Waals surface area contributed by atoms with Gasteiger partial charge in [-0.05, 0) is 18.6 Å². The molecule has 0 amide bonds. The van der Waals surface area contributed by atoms with E-state index in [-0.39, 0.29) is 5.16 Å². The summed E-state index contributed by atoms with van der Waals surface area (Å²) in [5.41, 5.74) is 2.16. The Kier molecular flexibility index (Phi) is 3.49. The van der Waals surface area contributed by atoms with Crippen LogP contribution in [0.15, 0.2) is 29.7 Å². The molecule has 6 heteroatoms. The molecule has 2 aromatic heterocycles. The minimum Gasteiger partial charge on any atom is -0.254 e. The van der Waals surface area contributed by atoms with Crippen molar-refractivity contribution in [1.29, 1.82) is 0 Å². The SMILES string of the molecule is Cc1cccnc1-c1nc(S(C)=O)ncc1Cl. The molecular formula is C11H10ClN3OS. The molecule has 0 N–H and O–H groups in total. The van der Waals surface area contributed by atoms with Crippen LogP contribution in [-0.4, -0.2) is 25.4 Å². The predicted octanol–water partition coefficient (Wildman–Crippen LogP) is 2.24. The first-order valence-electron chi connectivity index (χ1n) is 4.87. The van der Waals surface area contributed by atoms with Gasteiger partial charge in [0.15, 0.2) is 0 Å². The van der Waals surface area contributed by atoms with Gasteiger partial charge in [0.1, 0.15) is 5.69 Å². The monoisotopic (exact) mass is 267 g/mol. The highest BCUT2D eigenvalue weighted by molar-refractivity contribution is 7.84. The summed E-state index contributed by atoms with van der Waals surface area (Å²) in [6, 6.07) is 3.76. The fraction of sp³-hybridized carbons (Fsp3) is 0.182. The highest BCUT2D eigenvalue weighted by Crippen LogP contribution is 2.26. The van der Waals surface area contributed by atoms with Gasteiger partial charge in [-0.15, -0.1) is 0 Å². The highest BCUT2D eigenvalue weighted by atomic mass is 35.5. The van der Waals surface area contributed by atoms with E-state index in [4.69, 9.17) is 11.6 Å². The highest BCUT2D eigenvalue weighted by Gasteiger charge is 2.12. The number of hydrogen-bond acceptors (Lipinski definition) is 4. The summed E-state index contributed by atoms with van der Waals surface area (Å²) < 4.78 is 11.3. The van der Waals surface area contributed by atoms with E-state index in [2.05, 4.69) is 15.0 Å². The zero-order chi connectivity index (χ0) is 12.4. The molecular weight excluding hydrogens is 258 g/mol. The third-order valence-corrected chi connectivity index (χ3v) is 3.20. The number of pyridine rings is 1. The molecule has 0 aliphatic rings. The fourth-order valence-corrected chi connectivity index (χ4v) is 1.99. The van der Waals surface area contributed by atoms with E-state index in [0.717, 1.165) is 5.56 Å². The number of nitrogens with zero attached hydrogens (tertiary/aromatic N) is 3. The summed E-state index contributed by atoms with van der Waals surface area (Å²) in [5.74, 6) is 0. The molecule has 0 saturated carbocycles. The molecule has 2 aromatic rings. The molecule has 0 aromatic carbocycles. The molecule has 2 heterocycles. The first-order chi connectivity index (χ1) is 8.09. The average Bonchev–Trinajstić information content (AvgIpc) is 2.30. The second-order valence-electron chi connectivity index (χ2n) is 3.47. The lowest BCUT2D eigenvalue weighted by molar-refractivity contribution is 0.680. The molecule has 0 saturated heterocycles. The lowest BCUT2D eigenvalue weighted by atomic mass is 10.1. The Bertz CT molecular complexity index is 589. The second kappa shape index (κ2) is 4.89. The molecule has 0 aliphatic carbocycles. The van der Waals surface area contributed by atoms with Crippen LogP contribution in [-0.2, 0) is 10.8 Å². The summed E-state index contributed by atoms with van der Waals surface area (Å²) in [4.78, 5) is 12.4. The Balaban J connectivity index is 2.63. The number of hydrogen-bond donors (Lipinski definition) is 0. The molecule has 17 heavy (non-hydrogen) atoms. The lowest BCUT2D eigenvalue weighted by Crippen LogP contribution is -2.00. The summed E-state index contributed by atoms with van der Waals surface area (Å²) in [6.45, 7) is 1.92. The molecule has 0 aliphatic heterocycles. The molecule has 0 fully saturated rings. The van der Waals surface area contributed by atoms with Gasteiger partial charge >= 0.3 is 0 Å². The largest absolute Gasteiger partial charge is 0.254 e. The molecule has 2 rings (SSSR count). The van der Waals surface area contributed by atoms with Gasteiger partial charge in [0.05, 0.1) is 27.7 Å². The third kappa shape index (κ3) is 2.50. The van der Waals surface area contributed by atoms with Gasteiger partial charge in [0, 0.05) is 12.5 Å². The van der Waals surface area contributed by atoms with Crippen molar-refractivity contribution in [3.63, 3.8) is 0 Å². The topological polar surface area (TPSA) is 55.7 Å². The van der Waals surface area contributed by atoms with Crippen LogP contribution in [0.4, 0.5) is 0 Å². The van der Waals surface area contributed by atoms with Gasteiger partial charge in [0.2, 0.25) is 5.16 Å². The van der Waals surface area contributed by atoms with Crippen molar-refractivity contribution in [3.8, 4) is 11.4 Å². The predicted molar refractivity (Wildman–Crippen MR) is 67.3 cm³/mol. The van der Waals surface area contributed by atoms with Gasteiger partial charge in [-0.25, -0.2) is 9.97 Å². The average molecular weight is 268 g/mol. The molecule has 0 radical (unpaired) electrons. The summed E-state index contributed by atoms with van der Waals surface area (Å²) in [6.07, 6.45) is 4.65. The van der Waals surface area contributed by atoms with Gasteiger partial charge in [-0.1, -0.05) is 17.7 Å². The van der Waals surface area contributed by atoms with E-state index in [0.29, 0.717) is 16.4 Å². The van der Waals surface area contributed by atoms with E-state index < -0.39 is 10.8 Å². The van der Waals surface area contributed by atoms with Gasteiger partial charge < -0.3 is 0 Å². The van der Waals surface area contributed by atoms with E-state index in [9.17, 15) is 4.21 Å². The van der Waals surface area contributed by atoms with E-state index in [1.54, 1.807) is 6.20 Å². The number of aromatic nitrogens is 3. The van der Waals surface area contributed by atoms with Crippen molar-refractivity contribution in [1.82, 2.24) is 15.0 Å². The molecule has 0 bridgehead atoms. The smallest absolute Gasteiger partial charge is 0.218 e. The van der Waals surface area contributed by atoms with Crippen molar-refractivity contribution in [2.45, 2.75) is 12.1 Å². The van der Waals surface area contributed by atoms with Crippen LogP contribution in [0, 0.1) is 6.92 Å². The van der Waals surface area contributed by atoms with Gasteiger partial charge in [-0.3, -0.25) is 9.19 Å². The van der Waals surface area contributed by atoms with Crippen LogP contribution in [0.5, 0.6) is 0 Å². The van der Waals surface area contributed by atoms with Crippen molar-refractivity contribution in [2.75, 3.05) is 6.26 Å². The van der Waals surface area contributed by atoms with Crippen LogP contribution in [0.1, 0.15) is 5.56 Å². The maximum absolute atomic E-state index is 11.3. The molecule has 1 atom stereocenters. The first-order valence-corrected chi connectivity index (χ1v) is 6.81. The molecule has 1 unspecified atom stereocenters. The Morgan fingerprint density at radius 2 is 2.06 bits per heavy atom. The Morgan fingerprint density at radius 1 is 1.29 bits per heavy atom. The number of aryl methyl sites for hydroxylation is 1. The Morgan fingerprint density at radius 3 is 2.71 bits per heavy atom. The molecule has 4 nitrogen and oxygen atoms in total. The normalized spacial score (nSPS) is 12.4. The maximum Gasteiger partial charge on any atom is 0.218 e. The van der Waals surface area contributed by atoms with Crippen LogP contribution in [0.2, 0.25) is 5.02 Å². The summed E-state index contributed by atoms with van der Waals surface area (Å²) >= 11 is 6.04. The van der Waals surface area contributed by atoms with Crippen LogP contribution >= 0.6 is 11.6 Å². The third-order valence-electron chi connectivity index (χ3n) is 2.21. The zero-order valence-electron chi connectivity index (χ0n) is 9.35. The van der Waals surface area contributed by atoms with Crippen molar-refractivity contribution >= 4 is 22.4 Å². The van der Waals surface area contributed by atoms with Crippen LogP contribution in [0.25, 0.3) is 11.4 Å². The first kappa shape index (κ1) is 12.1. The minimum absolute atomic E-state index is 0.259. The Labute approximate surface area is 107 Å². The molecule has 0 spiro atoms. The van der Waals surface area contributed by atoms with E-state index in [1.165, 1.54) is 12.5 Å². The van der Waals surface area contributed by atoms with Crippen LogP contribution < -0.4 is 0 Å². The summed E-state index contributed by atoms with van der Waals surface area (Å²) in [5, 5.41) is 0.662. The lowest BCUT2D eigenvalue weighted by Gasteiger charge is -2.06. The minimum atomic E-state index is -1.24. The standard InChI is InChI=1S/C11H10ClN3OS/c1-7-4-3-5-13-9(7)10-8(12)6-14-11(15-10)17(2)16/h3-6H,1-2H3. The summed E-state index contributed by atoms with van der Waals surface area (Å²) in [7, 11) is -1.24. The van der Waals surface area contributed by atoms with E-state index in [1.807, 2.05) is 19.1 Å². The number of halogens is 1. The van der Waals surface area contributed by atoms with Gasteiger partial charge in [0.25, 0.3) is 0 Å². The second-order valence-corrected chi connectivity index (χ2v) is 5.15. The van der Waals surface area contributed by atoms with Crippen LogP contribution in [0.3, 0.4) is 0 Å². The van der Waals surface area contributed by atoms with Crippen molar-refractivity contribution < 1.29 is 4.21 Å². The maximum atomic E-state index is 11.3. The Hall–Kier alpha value is -1.33. The van der Waals surface area contributed by atoms with Crippen molar-refractivity contribution in [2.24, 2.45) is 0 Å².